The van der Waals surface area contributed by atoms with E-state index in [1.54, 1.807) is 6.07 Å². The minimum atomic E-state index is -0.208. The summed E-state index contributed by atoms with van der Waals surface area (Å²) in [6.45, 7) is 7.41. The van der Waals surface area contributed by atoms with Crippen LogP contribution in [0.1, 0.15) is 96.1 Å². The van der Waals surface area contributed by atoms with Crippen molar-refractivity contribution in [2.75, 3.05) is 0 Å². The first-order valence-electron chi connectivity index (χ1n) is 10.9. The van der Waals surface area contributed by atoms with E-state index in [1.165, 1.54) is 25.7 Å². The van der Waals surface area contributed by atoms with Crippen LogP contribution in [0.2, 0.25) is 0 Å². The summed E-state index contributed by atoms with van der Waals surface area (Å²) in [7, 11) is 0. The Morgan fingerprint density at radius 2 is 1.68 bits per heavy atom. The number of hydrogen-bond donors (Lipinski definition) is 2. The highest BCUT2D eigenvalue weighted by molar-refractivity contribution is 5.47. The van der Waals surface area contributed by atoms with Gasteiger partial charge in [0.2, 0.25) is 0 Å². The number of carbonyl (C=O) groups is 1. The zero-order chi connectivity index (χ0) is 20.6. The highest BCUT2D eigenvalue weighted by Gasteiger charge is 2.44. The Kier molecular flexibility index (Phi) is 8.21. The van der Waals surface area contributed by atoms with Crippen molar-refractivity contribution < 1.29 is 19.7 Å². The number of phenols is 2. The van der Waals surface area contributed by atoms with Gasteiger partial charge in [0.05, 0.1) is 0 Å². The third kappa shape index (κ3) is 7.73. The smallest absolute Gasteiger partial charge is 0.293 e. The van der Waals surface area contributed by atoms with E-state index in [9.17, 15) is 15.0 Å². The molecule has 1 aromatic rings. The van der Waals surface area contributed by atoms with Gasteiger partial charge in [-0.1, -0.05) is 46.1 Å². The molecule has 0 bridgehead atoms. The molecule has 1 aromatic carbocycles. The van der Waals surface area contributed by atoms with Gasteiger partial charge >= 0.3 is 0 Å². The molecule has 28 heavy (non-hydrogen) atoms. The topological polar surface area (TPSA) is 66.8 Å². The minimum Gasteiger partial charge on any atom is -0.504 e. The maximum Gasteiger partial charge on any atom is 0.293 e. The molecule has 0 heterocycles. The summed E-state index contributed by atoms with van der Waals surface area (Å²) in [5, 5.41) is 20.2. The molecule has 1 aliphatic rings. The second-order valence-corrected chi connectivity index (χ2v) is 9.70. The van der Waals surface area contributed by atoms with Gasteiger partial charge in [-0.2, -0.15) is 0 Å². The lowest BCUT2D eigenvalue weighted by Crippen LogP contribution is -2.12. The number of ether oxygens (including phenoxy) is 1. The number of rotatable bonds is 13. The minimum absolute atomic E-state index is 0.0109. The van der Waals surface area contributed by atoms with E-state index in [-0.39, 0.29) is 17.1 Å². The van der Waals surface area contributed by atoms with Crippen molar-refractivity contribution in [3.63, 3.8) is 0 Å². The first-order chi connectivity index (χ1) is 13.2. The van der Waals surface area contributed by atoms with Crippen LogP contribution < -0.4 is 0 Å². The van der Waals surface area contributed by atoms with Crippen LogP contribution in [0.5, 0.6) is 11.5 Å². The second-order valence-electron chi connectivity index (χ2n) is 9.70. The monoisotopic (exact) mass is 390 g/mol. The molecule has 0 amide bonds. The molecule has 4 heteroatoms. The molecular formula is C24H38O4. The first kappa shape index (κ1) is 22.6. The Morgan fingerprint density at radius 3 is 2.32 bits per heavy atom. The summed E-state index contributed by atoms with van der Waals surface area (Å²) >= 11 is 0. The van der Waals surface area contributed by atoms with Crippen LogP contribution in [0.3, 0.4) is 0 Å². The average molecular weight is 391 g/mol. The van der Waals surface area contributed by atoms with E-state index in [4.69, 9.17) is 4.74 Å². The SMILES string of the molecule is CC(C)(C)CCCCCCc1cc(O)c(O)c(CCCCC2(OC=O)CC2)c1. The van der Waals surface area contributed by atoms with Crippen molar-refractivity contribution in [2.24, 2.45) is 5.41 Å². The Morgan fingerprint density at radius 1 is 1.00 bits per heavy atom. The highest BCUT2D eigenvalue weighted by atomic mass is 16.5. The maximum absolute atomic E-state index is 10.5. The molecular weight excluding hydrogens is 352 g/mol. The molecule has 0 saturated heterocycles. The Balaban J connectivity index is 1.74. The number of carbonyl (C=O) groups excluding carboxylic acids is 1. The van der Waals surface area contributed by atoms with Gasteiger partial charge < -0.3 is 14.9 Å². The Bertz CT molecular complexity index is 626. The molecule has 1 aliphatic carbocycles. The number of aryl methyl sites for hydroxylation is 2. The number of benzene rings is 1. The van der Waals surface area contributed by atoms with E-state index in [2.05, 4.69) is 20.8 Å². The van der Waals surface area contributed by atoms with Crippen LogP contribution >= 0.6 is 0 Å². The number of aromatic hydroxyl groups is 2. The average Bonchev–Trinajstić information content (AvgIpc) is 3.38. The largest absolute Gasteiger partial charge is 0.504 e. The van der Waals surface area contributed by atoms with Crippen LogP contribution in [0.4, 0.5) is 0 Å². The van der Waals surface area contributed by atoms with Crippen LogP contribution in [0, 0.1) is 5.41 Å². The molecule has 0 unspecified atom stereocenters. The summed E-state index contributed by atoms with van der Waals surface area (Å²) < 4.78 is 5.18. The van der Waals surface area contributed by atoms with Gasteiger partial charge in [0.1, 0.15) is 5.60 Å². The molecule has 0 spiro atoms. The molecule has 0 aromatic heterocycles. The predicted octanol–water partition coefficient (Wildman–Crippen LogP) is 6.06. The van der Waals surface area contributed by atoms with Crippen molar-refractivity contribution >= 4 is 6.47 Å². The van der Waals surface area contributed by atoms with Crippen molar-refractivity contribution in [1.29, 1.82) is 0 Å². The van der Waals surface area contributed by atoms with Crippen LogP contribution in [0.15, 0.2) is 12.1 Å². The van der Waals surface area contributed by atoms with E-state index in [0.29, 0.717) is 11.9 Å². The first-order valence-corrected chi connectivity index (χ1v) is 10.9. The normalized spacial score (nSPS) is 15.4. The molecule has 158 valence electrons. The predicted molar refractivity (Wildman–Crippen MR) is 113 cm³/mol. The van der Waals surface area contributed by atoms with Crippen molar-refractivity contribution in [1.82, 2.24) is 0 Å². The summed E-state index contributed by atoms with van der Waals surface area (Å²) in [5.41, 5.74) is 2.13. The van der Waals surface area contributed by atoms with Crippen LogP contribution in [-0.2, 0) is 22.4 Å². The van der Waals surface area contributed by atoms with Crippen molar-refractivity contribution in [3.8, 4) is 11.5 Å². The Hall–Kier alpha value is -1.71. The van der Waals surface area contributed by atoms with Gasteiger partial charge in [-0.15, -0.1) is 0 Å². The maximum atomic E-state index is 10.5. The quantitative estimate of drug-likeness (QED) is 0.244. The fraction of sp³-hybridized carbons (Fsp3) is 0.708. The highest BCUT2D eigenvalue weighted by Crippen LogP contribution is 2.43. The molecule has 1 fully saturated rings. The second kappa shape index (κ2) is 10.2. The fourth-order valence-electron chi connectivity index (χ4n) is 3.85. The zero-order valence-corrected chi connectivity index (χ0v) is 17.9. The van der Waals surface area contributed by atoms with Crippen molar-refractivity contribution in [2.45, 2.75) is 103 Å². The van der Waals surface area contributed by atoms with Gasteiger partial charge in [-0.25, -0.2) is 0 Å². The number of phenolic OH excluding ortho intramolecular Hbond substituents is 2. The summed E-state index contributed by atoms with van der Waals surface area (Å²) in [5.74, 6) is 0.00221. The van der Waals surface area contributed by atoms with Gasteiger partial charge in [0.25, 0.3) is 6.47 Å². The fourth-order valence-corrected chi connectivity index (χ4v) is 3.85. The lowest BCUT2D eigenvalue weighted by molar-refractivity contribution is -0.135. The third-order valence-corrected chi connectivity index (χ3v) is 5.81. The molecule has 2 rings (SSSR count). The third-order valence-electron chi connectivity index (χ3n) is 5.81. The molecule has 1 saturated carbocycles. The lowest BCUT2D eigenvalue weighted by Gasteiger charge is -2.17. The molecule has 0 radical (unpaired) electrons. The summed E-state index contributed by atoms with van der Waals surface area (Å²) in [4.78, 5) is 10.5. The van der Waals surface area contributed by atoms with Crippen LogP contribution in [0.25, 0.3) is 0 Å². The lowest BCUT2D eigenvalue weighted by atomic mass is 9.89. The van der Waals surface area contributed by atoms with Gasteiger partial charge in [-0.3, -0.25) is 4.79 Å². The van der Waals surface area contributed by atoms with E-state index in [1.807, 2.05) is 6.07 Å². The van der Waals surface area contributed by atoms with Gasteiger partial charge in [-0.05, 0) is 80.4 Å². The van der Waals surface area contributed by atoms with Crippen molar-refractivity contribution in [3.05, 3.63) is 23.3 Å². The molecule has 0 atom stereocenters. The van der Waals surface area contributed by atoms with E-state index >= 15 is 0 Å². The van der Waals surface area contributed by atoms with E-state index in [0.717, 1.165) is 62.5 Å². The molecule has 0 aliphatic heterocycles. The molecule has 4 nitrogen and oxygen atoms in total. The molecule has 2 N–H and O–H groups in total. The summed E-state index contributed by atoms with van der Waals surface area (Å²) in [6.07, 6.45) is 12.4. The number of hydrogen-bond acceptors (Lipinski definition) is 4. The van der Waals surface area contributed by atoms with E-state index < -0.39 is 0 Å². The zero-order valence-electron chi connectivity index (χ0n) is 17.9. The standard InChI is InChI=1S/C24H38O4/c1-23(2,3)12-8-5-4-6-10-19-16-20(22(27)21(26)17-19)11-7-9-13-24(14-15-24)28-18-25/h16-18,26-27H,4-15H2,1-3H3. The van der Waals surface area contributed by atoms with Gasteiger partial charge in [0, 0.05) is 0 Å². The van der Waals surface area contributed by atoms with Gasteiger partial charge in [0.15, 0.2) is 11.5 Å². The van der Waals surface area contributed by atoms with Crippen LogP contribution in [-0.4, -0.2) is 22.3 Å². The summed E-state index contributed by atoms with van der Waals surface area (Å²) in [6, 6.07) is 3.74. The Labute approximate surface area is 170 Å². The number of unbranched alkanes of at least 4 members (excludes halogenated alkanes) is 4.